The second-order valence-electron chi connectivity index (χ2n) is 8.02. The Balaban J connectivity index is 1.89. The van der Waals surface area contributed by atoms with E-state index in [2.05, 4.69) is 31.3 Å². The van der Waals surface area contributed by atoms with Crippen molar-refractivity contribution in [2.24, 2.45) is 0 Å². The van der Waals surface area contributed by atoms with Gasteiger partial charge in [-0.2, -0.15) is 10.1 Å². The molecule has 8 heteroatoms. The molecule has 0 amide bonds. The Morgan fingerprint density at radius 2 is 2.07 bits per heavy atom. The van der Waals surface area contributed by atoms with Crippen LogP contribution in [-0.2, 0) is 5.54 Å². The molecular formula is C20H28N6O2. The summed E-state index contributed by atoms with van der Waals surface area (Å²) in [6.07, 6.45) is 1.56. The Morgan fingerprint density at radius 3 is 2.71 bits per heavy atom. The van der Waals surface area contributed by atoms with E-state index in [-0.39, 0.29) is 17.1 Å². The number of methoxy groups -OCH3 is 1. The van der Waals surface area contributed by atoms with Gasteiger partial charge in [0.15, 0.2) is 5.65 Å². The molecule has 2 heterocycles. The fourth-order valence-corrected chi connectivity index (χ4v) is 3.13. The average molecular weight is 384 g/mol. The van der Waals surface area contributed by atoms with Crippen LogP contribution in [0, 0.1) is 0 Å². The average Bonchev–Trinajstić information content (AvgIpc) is 3.07. The molecule has 0 aliphatic rings. The van der Waals surface area contributed by atoms with Crippen molar-refractivity contribution in [3.63, 3.8) is 0 Å². The zero-order chi connectivity index (χ0) is 20.5. The van der Waals surface area contributed by atoms with Crippen molar-refractivity contribution in [3.8, 4) is 5.75 Å². The van der Waals surface area contributed by atoms with Gasteiger partial charge >= 0.3 is 0 Å². The molecule has 0 fully saturated rings. The number of nitrogens with one attached hydrogen (secondary N) is 2. The minimum atomic E-state index is -0.271. The number of ether oxygens (including phenoxy) is 1. The van der Waals surface area contributed by atoms with Crippen LogP contribution in [0.2, 0.25) is 0 Å². The highest BCUT2D eigenvalue weighted by Crippen LogP contribution is 2.23. The smallest absolute Gasteiger partial charge is 0.263 e. The Kier molecular flexibility index (Phi) is 5.42. The SMILES string of the molecule is COc1cccc([C@H](CNc2nc3c(cnn3C(C)(C)C)c(=O)[nH]2)N(C)C)c1. The molecule has 0 saturated heterocycles. The molecule has 2 N–H and O–H groups in total. The molecule has 150 valence electrons. The predicted octanol–water partition coefficient (Wildman–Crippen LogP) is 2.60. The number of likely N-dealkylation sites (N-methyl/N-ethyl adjacent to an activating group) is 1. The Morgan fingerprint density at radius 1 is 1.32 bits per heavy atom. The van der Waals surface area contributed by atoms with Gasteiger partial charge in [0.25, 0.3) is 5.56 Å². The van der Waals surface area contributed by atoms with Crippen LogP contribution in [-0.4, -0.2) is 52.4 Å². The van der Waals surface area contributed by atoms with Gasteiger partial charge in [-0.3, -0.25) is 9.78 Å². The first-order valence-electron chi connectivity index (χ1n) is 9.23. The summed E-state index contributed by atoms with van der Waals surface area (Å²) in [6.45, 7) is 6.65. The van der Waals surface area contributed by atoms with E-state index in [1.54, 1.807) is 18.0 Å². The molecule has 0 saturated carbocycles. The molecule has 0 spiro atoms. The first kappa shape index (κ1) is 19.9. The third kappa shape index (κ3) is 4.01. The van der Waals surface area contributed by atoms with Gasteiger partial charge in [0.05, 0.1) is 24.9 Å². The highest BCUT2D eigenvalue weighted by Gasteiger charge is 2.20. The van der Waals surface area contributed by atoms with Gasteiger partial charge in [0.2, 0.25) is 5.95 Å². The second-order valence-corrected chi connectivity index (χ2v) is 8.02. The zero-order valence-electron chi connectivity index (χ0n) is 17.3. The van der Waals surface area contributed by atoms with Gasteiger partial charge in [-0.1, -0.05) is 12.1 Å². The summed E-state index contributed by atoms with van der Waals surface area (Å²) in [7, 11) is 5.68. The highest BCUT2D eigenvalue weighted by atomic mass is 16.5. The number of hydrogen-bond acceptors (Lipinski definition) is 6. The van der Waals surface area contributed by atoms with Gasteiger partial charge in [0.1, 0.15) is 11.1 Å². The number of hydrogen-bond donors (Lipinski definition) is 2. The summed E-state index contributed by atoms with van der Waals surface area (Å²) >= 11 is 0. The molecule has 0 radical (unpaired) electrons. The number of nitrogens with zero attached hydrogens (tertiary/aromatic N) is 4. The zero-order valence-corrected chi connectivity index (χ0v) is 17.3. The van der Waals surface area contributed by atoms with Crippen molar-refractivity contribution in [1.29, 1.82) is 0 Å². The van der Waals surface area contributed by atoms with Crippen LogP contribution in [0.5, 0.6) is 5.75 Å². The molecule has 0 bridgehead atoms. The van der Waals surface area contributed by atoms with Crippen molar-refractivity contribution < 1.29 is 4.74 Å². The van der Waals surface area contributed by atoms with Crippen LogP contribution in [0.15, 0.2) is 35.3 Å². The number of benzene rings is 1. The second kappa shape index (κ2) is 7.63. The fourth-order valence-electron chi connectivity index (χ4n) is 3.13. The topological polar surface area (TPSA) is 88.1 Å². The minimum absolute atomic E-state index is 0.0728. The van der Waals surface area contributed by atoms with E-state index in [1.807, 2.05) is 53.1 Å². The van der Waals surface area contributed by atoms with Gasteiger partial charge in [-0.05, 0) is 52.6 Å². The van der Waals surface area contributed by atoms with Crippen molar-refractivity contribution in [2.45, 2.75) is 32.4 Å². The Labute approximate surface area is 164 Å². The van der Waals surface area contributed by atoms with E-state index in [1.165, 1.54) is 0 Å². The standard InChI is InChI=1S/C20H28N6O2/c1-20(2,3)26-17-15(11-22-26)18(27)24-19(23-17)21-12-16(25(4)5)13-8-7-9-14(10-13)28-6/h7-11,16H,12H2,1-6H3,(H2,21,23,24,27)/t16-/m0/s1. The van der Waals surface area contributed by atoms with E-state index < -0.39 is 0 Å². The van der Waals surface area contributed by atoms with Gasteiger partial charge in [0, 0.05) is 6.54 Å². The van der Waals surface area contributed by atoms with Crippen LogP contribution in [0.3, 0.4) is 0 Å². The highest BCUT2D eigenvalue weighted by molar-refractivity contribution is 5.74. The first-order valence-corrected chi connectivity index (χ1v) is 9.23. The third-order valence-corrected chi connectivity index (χ3v) is 4.64. The lowest BCUT2D eigenvalue weighted by atomic mass is 10.1. The van der Waals surface area contributed by atoms with Crippen LogP contribution in [0.1, 0.15) is 32.4 Å². The summed E-state index contributed by atoms with van der Waals surface area (Å²) in [5, 5.41) is 8.10. The number of aromatic nitrogens is 4. The van der Waals surface area contributed by atoms with Crippen molar-refractivity contribution in [2.75, 3.05) is 33.1 Å². The lowest BCUT2D eigenvalue weighted by Crippen LogP contribution is -2.28. The Hall–Kier alpha value is -2.87. The molecule has 2 aromatic heterocycles. The van der Waals surface area contributed by atoms with E-state index in [4.69, 9.17) is 4.74 Å². The molecule has 1 aromatic carbocycles. The maximum atomic E-state index is 12.5. The van der Waals surface area contributed by atoms with Gasteiger partial charge < -0.3 is 15.0 Å². The summed E-state index contributed by atoms with van der Waals surface area (Å²) in [5.41, 5.74) is 1.21. The van der Waals surface area contributed by atoms with E-state index in [0.717, 1.165) is 11.3 Å². The van der Waals surface area contributed by atoms with Crippen molar-refractivity contribution in [1.82, 2.24) is 24.6 Å². The van der Waals surface area contributed by atoms with E-state index in [9.17, 15) is 4.79 Å². The van der Waals surface area contributed by atoms with Crippen LogP contribution < -0.4 is 15.6 Å². The number of anilines is 1. The first-order chi connectivity index (χ1) is 13.2. The fraction of sp³-hybridized carbons (Fsp3) is 0.450. The maximum absolute atomic E-state index is 12.5. The van der Waals surface area contributed by atoms with Gasteiger partial charge in [-0.25, -0.2) is 4.68 Å². The molecule has 8 nitrogen and oxygen atoms in total. The number of rotatable bonds is 6. The van der Waals surface area contributed by atoms with Crippen LogP contribution >= 0.6 is 0 Å². The van der Waals surface area contributed by atoms with Crippen molar-refractivity contribution >= 4 is 17.0 Å². The van der Waals surface area contributed by atoms with Crippen LogP contribution in [0.25, 0.3) is 11.0 Å². The third-order valence-electron chi connectivity index (χ3n) is 4.64. The molecule has 3 aromatic rings. The predicted molar refractivity (Wildman–Crippen MR) is 111 cm³/mol. The quantitative estimate of drug-likeness (QED) is 0.679. The normalized spacial score (nSPS) is 13.1. The molecule has 0 aliphatic carbocycles. The lowest BCUT2D eigenvalue weighted by Gasteiger charge is -2.25. The molecule has 28 heavy (non-hydrogen) atoms. The minimum Gasteiger partial charge on any atom is -0.497 e. The number of aromatic amines is 1. The molecule has 1 atom stereocenters. The molecule has 3 rings (SSSR count). The summed E-state index contributed by atoms with van der Waals surface area (Å²) < 4.78 is 7.11. The molecule has 0 aliphatic heterocycles. The number of fused-ring (bicyclic) bond motifs is 1. The van der Waals surface area contributed by atoms with E-state index in [0.29, 0.717) is 23.5 Å². The lowest BCUT2D eigenvalue weighted by molar-refractivity contribution is 0.310. The van der Waals surface area contributed by atoms with Crippen LogP contribution in [0.4, 0.5) is 5.95 Å². The summed E-state index contributed by atoms with van der Waals surface area (Å²) in [6, 6.07) is 8.04. The largest absolute Gasteiger partial charge is 0.497 e. The van der Waals surface area contributed by atoms with Gasteiger partial charge in [-0.15, -0.1) is 0 Å². The maximum Gasteiger partial charge on any atom is 0.263 e. The monoisotopic (exact) mass is 384 g/mol. The number of H-pyrrole nitrogens is 1. The molecule has 0 unspecified atom stereocenters. The molecular weight excluding hydrogens is 356 g/mol. The Bertz CT molecular complexity index is 1020. The van der Waals surface area contributed by atoms with Crippen molar-refractivity contribution in [3.05, 3.63) is 46.4 Å². The summed E-state index contributed by atoms with van der Waals surface area (Å²) in [4.78, 5) is 22.0. The van der Waals surface area contributed by atoms with E-state index >= 15 is 0 Å². The summed E-state index contributed by atoms with van der Waals surface area (Å²) in [5.74, 6) is 1.24.